The highest BCUT2D eigenvalue weighted by Crippen LogP contribution is 2.68. The molecule has 0 aliphatic carbocycles. The van der Waals surface area contributed by atoms with E-state index in [0.717, 1.165) is 19.6 Å². The van der Waals surface area contributed by atoms with Crippen molar-refractivity contribution < 1.29 is 29.0 Å². The van der Waals surface area contributed by atoms with Gasteiger partial charge < -0.3 is 24.4 Å². The number of carbonyl (C=O) groups excluding carboxylic acids is 3. The van der Waals surface area contributed by atoms with Crippen molar-refractivity contribution in [3.63, 3.8) is 0 Å². The molecule has 2 amide bonds. The first-order valence-corrected chi connectivity index (χ1v) is 14.3. The minimum Gasteiger partial charge on any atom is -0.466 e. The van der Waals surface area contributed by atoms with Crippen LogP contribution in [0.25, 0.3) is 0 Å². The highest BCUT2D eigenvalue weighted by atomic mass is 79.9. The maximum absolute atomic E-state index is 14.2. The lowest BCUT2D eigenvalue weighted by Gasteiger charge is -2.38. The van der Waals surface area contributed by atoms with Gasteiger partial charge in [-0.3, -0.25) is 19.3 Å². The van der Waals surface area contributed by atoms with Gasteiger partial charge in [0.2, 0.25) is 11.8 Å². The van der Waals surface area contributed by atoms with Crippen molar-refractivity contribution >= 4 is 45.5 Å². The normalized spacial score (nSPS) is 34.2. The lowest BCUT2D eigenvalue weighted by atomic mass is 9.71. The van der Waals surface area contributed by atoms with E-state index in [2.05, 4.69) is 27.4 Å². The Kier molecular flexibility index (Phi) is 8.84. The van der Waals surface area contributed by atoms with E-state index in [4.69, 9.17) is 9.47 Å². The Bertz CT molecular complexity index is 827. The molecule has 4 fully saturated rings. The maximum atomic E-state index is 14.2. The van der Waals surface area contributed by atoms with Crippen molar-refractivity contribution in [3.05, 3.63) is 12.7 Å². The Morgan fingerprint density at radius 1 is 1.37 bits per heavy atom. The first-order valence-electron chi connectivity index (χ1n) is 12.5. The third kappa shape index (κ3) is 4.91. The number of amides is 2. The highest BCUT2D eigenvalue weighted by molar-refractivity contribution is 9.09. The summed E-state index contributed by atoms with van der Waals surface area (Å²) in [5, 5.41) is 9.38. The molecule has 0 saturated carbocycles. The van der Waals surface area contributed by atoms with Gasteiger partial charge in [-0.1, -0.05) is 22.0 Å². The molecule has 4 aliphatic rings. The average molecular weight is 575 g/mol. The van der Waals surface area contributed by atoms with Crippen LogP contribution in [-0.4, -0.2) is 124 Å². The van der Waals surface area contributed by atoms with Crippen molar-refractivity contribution in [3.8, 4) is 0 Å². The van der Waals surface area contributed by atoms with Crippen molar-refractivity contribution in [2.24, 2.45) is 11.8 Å². The molecule has 4 heterocycles. The number of fused-ring (bicyclic) bond motifs is 1. The van der Waals surface area contributed by atoms with E-state index >= 15 is 0 Å². The molecule has 6 atom stereocenters. The fourth-order valence-corrected chi connectivity index (χ4v) is 9.70. The number of morpholine rings is 1. The topological polar surface area (TPSA) is 99.6 Å². The average Bonchev–Trinajstić information content (AvgIpc) is 3.44. The van der Waals surface area contributed by atoms with Crippen molar-refractivity contribution in [1.82, 2.24) is 14.7 Å². The summed E-state index contributed by atoms with van der Waals surface area (Å²) in [5.74, 6) is -1.82. The van der Waals surface area contributed by atoms with Crippen LogP contribution in [0.3, 0.4) is 0 Å². The summed E-state index contributed by atoms with van der Waals surface area (Å²) in [6, 6.07) is -0.689. The largest absolute Gasteiger partial charge is 0.466 e. The van der Waals surface area contributed by atoms with Gasteiger partial charge >= 0.3 is 5.97 Å². The number of aliphatic hydroxyl groups is 1. The molecule has 35 heavy (non-hydrogen) atoms. The molecule has 0 aromatic rings. The Balaban J connectivity index is 1.63. The molecular weight excluding hydrogens is 538 g/mol. The molecule has 4 rings (SSSR count). The fourth-order valence-electron chi connectivity index (χ4n) is 6.11. The number of esters is 1. The number of nitrogens with zero attached hydrogens (tertiary/aromatic N) is 3. The van der Waals surface area contributed by atoms with E-state index < -0.39 is 22.6 Å². The van der Waals surface area contributed by atoms with Gasteiger partial charge in [-0.15, -0.1) is 18.3 Å². The molecule has 0 aromatic carbocycles. The standard InChI is InChI=1S/C24H36BrN3O6S/c1-3-6-27(9-8-26-10-13-33-14-11-26)22(31)20-24-15-16(25)19(35-24)17(23(32)34-4-2)18(24)21(30)28(20)7-5-12-29/h3,16-20,29H,1,4-15H2,2H3/t16?,17-,18+,19-,20?,24?/m1/s1. The Morgan fingerprint density at radius 3 is 2.77 bits per heavy atom. The zero-order valence-corrected chi connectivity index (χ0v) is 22.7. The smallest absolute Gasteiger partial charge is 0.310 e. The minimum absolute atomic E-state index is 0.0141. The highest BCUT2D eigenvalue weighted by Gasteiger charge is 2.76. The minimum atomic E-state index is -0.696. The number of alkyl halides is 1. The molecule has 0 aromatic heterocycles. The van der Waals surface area contributed by atoms with Gasteiger partial charge in [0.15, 0.2) is 0 Å². The number of rotatable bonds is 11. The zero-order chi connectivity index (χ0) is 25.2. The molecular formula is C24H36BrN3O6S. The Hall–Kier alpha value is -1.14. The van der Waals surface area contributed by atoms with Gasteiger partial charge in [-0.25, -0.2) is 0 Å². The number of hydrogen-bond donors (Lipinski definition) is 1. The number of aliphatic hydroxyl groups excluding tert-OH is 1. The molecule has 1 spiro atoms. The number of halogens is 1. The number of carbonyl (C=O) groups is 3. The molecule has 196 valence electrons. The molecule has 4 aliphatic heterocycles. The van der Waals surface area contributed by atoms with Gasteiger partial charge in [0.05, 0.1) is 36.4 Å². The molecule has 0 radical (unpaired) electrons. The van der Waals surface area contributed by atoms with Crippen LogP contribution in [0.1, 0.15) is 19.8 Å². The summed E-state index contributed by atoms with van der Waals surface area (Å²) >= 11 is 5.35. The van der Waals surface area contributed by atoms with Crippen LogP contribution < -0.4 is 0 Å². The molecule has 11 heteroatoms. The van der Waals surface area contributed by atoms with Gasteiger partial charge in [0, 0.05) is 56.0 Å². The van der Waals surface area contributed by atoms with Crippen molar-refractivity contribution in [2.45, 2.75) is 40.6 Å². The van der Waals surface area contributed by atoms with E-state index in [9.17, 15) is 19.5 Å². The number of hydrogen-bond acceptors (Lipinski definition) is 8. The fraction of sp³-hybridized carbons (Fsp3) is 0.792. The second-order valence-corrected chi connectivity index (χ2v) is 12.3. The van der Waals surface area contributed by atoms with Crippen LogP contribution in [-0.2, 0) is 23.9 Å². The van der Waals surface area contributed by atoms with Gasteiger partial charge in [0.1, 0.15) is 6.04 Å². The SMILES string of the molecule is C=CCN(CCN1CCOCC1)C(=O)C1N(CCCO)C(=O)[C@@H]2[C@@H](C(=O)OCC)[C@@H]3SC12CC3Br. The Labute approximate surface area is 219 Å². The van der Waals surface area contributed by atoms with Crippen LogP contribution in [0.4, 0.5) is 0 Å². The second-order valence-electron chi connectivity index (χ2n) is 9.55. The van der Waals surface area contributed by atoms with E-state index in [-0.39, 0.29) is 47.6 Å². The van der Waals surface area contributed by atoms with E-state index in [1.807, 2.05) is 0 Å². The molecule has 1 N–H and O–H groups in total. The summed E-state index contributed by atoms with van der Waals surface area (Å²) in [4.78, 5) is 46.7. The van der Waals surface area contributed by atoms with Crippen LogP contribution in [0, 0.1) is 11.8 Å². The predicted octanol–water partition coefficient (Wildman–Crippen LogP) is 0.743. The summed E-state index contributed by atoms with van der Waals surface area (Å²) in [6.07, 6.45) is 2.73. The predicted molar refractivity (Wildman–Crippen MR) is 136 cm³/mol. The quantitative estimate of drug-likeness (QED) is 0.219. The number of ether oxygens (including phenoxy) is 2. The maximum Gasteiger partial charge on any atom is 0.310 e. The monoisotopic (exact) mass is 573 g/mol. The molecule has 2 bridgehead atoms. The van der Waals surface area contributed by atoms with E-state index in [1.165, 1.54) is 0 Å². The van der Waals surface area contributed by atoms with Crippen LogP contribution in [0.2, 0.25) is 0 Å². The van der Waals surface area contributed by atoms with Crippen LogP contribution in [0.5, 0.6) is 0 Å². The Morgan fingerprint density at radius 2 is 2.11 bits per heavy atom. The zero-order valence-electron chi connectivity index (χ0n) is 20.3. The van der Waals surface area contributed by atoms with Gasteiger partial charge in [-0.2, -0.15) is 0 Å². The molecule has 3 unspecified atom stereocenters. The molecule has 4 saturated heterocycles. The van der Waals surface area contributed by atoms with Gasteiger partial charge in [-0.05, 0) is 19.8 Å². The summed E-state index contributed by atoms with van der Waals surface area (Å²) in [5.41, 5.74) is 0. The van der Waals surface area contributed by atoms with Crippen molar-refractivity contribution in [2.75, 3.05) is 65.7 Å². The van der Waals surface area contributed by atoms with E-state index in [0.29, 0.717) is 39.1 Å². The lowest BCUT2D eigenvalue weighted by Crippen LogP contribution is -2.56. The summed E-state index contributed by atoms with van der Waals surface area (Å²) in [7, 11) is 0. The molecule has 9 nitrogen and oxygen atoms in total. The third-order valence-corrected chi connectivity index (χ3v) is 10.8. The lowest BCUT2D eigenvalue weighted by molar-refractivity contribution is -0.153. The summed E-state index contributed by atoms with van der Waals surface area (Å²) in [6.45, 7) is 10.7. The third-order valence-electron chi connectivity index (χ3n) is 7.59. The van der Waals surface area contributed by atoms with Crippen molar-refractivity contribution in [1.29, 1.82) is 0 Å². The number of thioether (sulfide) groups is 1. The second kappa shape index (κ2) is 11.5. The first-order chi connectivity index (χ1) is 16.9. The number of likely N-dealkylation sites (tertiary alicyclic amines) is 1. The van der Waals surface area contributed by atoms with Crippen LogP contribution in [0.15, 0.2) is 12.7 Å². The van der Waals surface area contributed by atoms with E-state index in [1.54, 1.807) is 34.6 Å². The summed E-state index contributed by atoms with van der Waals surface area (Å²) < 4.78 is 10.1. The van der Waals surface area contributed by atoms with Gasteiger partial charge in [0.25, 0.3) is 0 Å². The first kappa shape index (κ1) is 26.9. The van der Waals surface area contributed by atoms with Crippen LogP contribution >= 0.6 is 27.7 Å².